The molecule has 1 aliphatic rings. The minimum absolute atomic E-state index is 0.478. The van der Waals surface area contributed by atoms with Gasteiger partial charge in [0.25, 0.3) is 0 Å². The van der Waals surface area contributed by atoms with Crippen LogP contribution >= 0.6 is 0 Å². The summed E-state index contributed by atoms with van der Waals surface area (Å²) < 4.78 is 13.0. The first kappa shape index (κ1) is 14.1. The third kappa shape index (κ3) is 2.04. The van der Waals surface area contributed by atoms with Crippen molar-refractivity contribution >= 4 is 29.6 Å². The summed E-state index contributed by atoms with van der Waals surface area (Å²) in [5.74, 6) is 0. The molecule has 2 aromatic rings. The van der Waals surface area contributed by atoms with Crippen LogP contribution in [0.1, 0.15) is 27.7 Å². The molecule has 0 spiro atoms. The van der Waals surface area contributed by atoms with Crippen molar-refractivity contribution in [2.24, 2.45) is 0 Å². The highest BCUT2D eigenvalue weighted by Crippen LogP contribution is 2.36. The molecule has 110 valence electrons. The Morgan fingerprint density at radius 3 is 2.43 bits per heavy atom. The first-order valence-electron chi connectivity index (χ1n) is 6.78. The molecule has 1 aromatic heterocycles. The Kier molecular flexibility index (Phi) is 2.90. The third-order valence-corrected chi connectivity index (χ3v) is 4.31. The van der Waals surface area contributed by atoms with E-state index in [9.17, 15) is 9.90 Å². The molecular weight excluding hydrogens is 271 g/mol. The van der Waals surface area contributed by atoms with Crippen LogP contribution in [0.15, 0.2) is 24.4 Å². The topological polar surface area (TPSA) is 73.6 Å². The van der Waals surface area contributed by atoms with E-state index >= 15 is 0 Å². The molecule has 0 amide bonds. The van der Waals surface area contributed by atoms with Crippen molar-refractivity contribution in [3.8, 4) is 0 Å². The lowest BCUT2D eigenvalue weighted by Crippen LogP contribution is -2.41. The first-order valence-corrected chi connectivity index (χ1v) is 6.78. The van der Waals surface area contributed by atoms with Gasteiger partial charge in [0, 0.05) is 10.8 Å². The summed E-state index contributed by atoms with van der Waals surface area (Å²) in [7, 11) is -0.617. The molecule has 0 unspecified atom stereocenters. The van der Waals surface area contributed by atoms with Crippen molar-refractivity contribution in [2.45, 2.75) is 38.9 Å². The fraction of sp³-hybridized carbons (Fsp3) is 0.429. The molecule has 0 bridgehead atoms. The summed E-state index contributed by atoms with van der Waals surface area (Å²) >= 11 is 0. The molecule has 1 saturated heterocycles. The maximum atomic E-state index is 11.3. The Labute approximate surface area is 122 Å². The fourth-order valence-electron chi connectivity index (χ4n) is 2.41. The van der Waals surface area contributed by atoms with Gasteiger partial charge in [0.05, 0.1) is 22.9 Å². The van der Waals surface area contributed by atoms with Crippen LogP contribution in [0.25, 0.3) is 10.9 Å². The highest BCUT2D eigenvalue weighted by Gasteiger charge is 2.52. The maximum Gasteiger partial charge on any atom is 0.497 e. The summed E-state index contributed by atoms with van der Waals surface area (Å²) in [5.41, 5.74) is 0.219. The van der Waals surface area contributed by atoms with Crippen LogP contribution in [0.4, 0.5) is 4.79 Å². The minimum atomic E-state index is -1.13. The number of para-hydroxylation sites is 1. The monoisotopic (exact) mass is 288 g/mol. The van der Waals surface area contributed by atoms with Gasteiger partial charge >= 0.3 is 13.2 Å². The van der Waals surface area contributed by atoms with Gasteiger partial charge in [0.2, 0.25) is 0 Å². The van der Waals surface area contributed by atoms with Gasteiger partial charge in [-0.2, -0.15) is 9.78 Å². The molecule has 1 fully saturated rings. The van der Waals surface area contributed by atoms with Gasteiger partial charge in [0.15, 0.2) is 0 Å². The van der Waals surface area contributed by atoms with Crippen LogP contribution < -0.4 is 5.46 Å². The number of aromatic nitrogens is 2. The van der Waals surface area contributed by atoms with E-state index < -0.39 is 24.4 Å². The largest absolute Gasteiger partial charge is 0.497 e. The van der Waals surface area contributed by atoms with Crippen LogP contribution in [0.3, 0.4) is 0 Å². The number of hydrogen-bond acceptors (Lipinski definition) is 4. The van der Waals surface area contributed by atoms with Crippen molar-refractivity contribution in [3.05, 3.63) is 24.4 Å². The van der Waals surface area contributed by atoms with Gasteiger partial charge in [-0.25, -0.2) is 4.79 Å². The molecule has 7 heteroatoms. The molecule has 2 heterocycles. The molecule has 0 saturated carbocycles. The van der Waals surface area contributed by atoms with Crippen LogP contribution in [0, 0.1) is 0 Å². The normalized spacial score (nSPS) is 20.1. The molecule has 0 radical (unpaired) electrons. The fourth-order valence-corrected chi connectivity index (χ4v) is 2.41. The second kappa shape index (κ2) is 4.32. The van der Waals surface area contributed by atoms with E-state index in [1.165, 1.54) is 6.20 Å². The van der Waals surface area contributed by atoms with Crippen molar-refractivity contribution in [1.29, 1.82) is 0 Å². The van der Waals surface area contributed by atoms with E-state index in [1.54, 1.807) is 0 Å². The van der Waals surface area contributed by atoms with Crippen molar-refractivity contribution in [1.82, 2.24) is 9.78 Å². The van der Waals surface area contributed by atoms with Crippen molar-refractivity contribution in [3.63, 3.8) is 0 Å². The number of rotatable bonds is 1. The molecule has 1 aliphatic heterocycles. The molecule has 0 atom stereocenters. The van der Waals surface area contributed by atoms with E-state index in [4.69, 9.17) is 9.31 Å². The van der Waals surface area contributed by atoms with E-state index in [2.05, 4.69) is 5.10 Å². The summed E-state index contributed by atoms with van der Waals surface area (Å²) in [6.07, 6.45) is 0.395. The van der Waals surface area contributed by atoms with Gasteiger partial charge in [-0.15, -0.1) is 0 Å². The third-order valence-electron chi connectivity index (χ3n) is 4.31. The molecule has 1 aromatic carbocycles. The Morgan fingerprint density at radius 2 is 1.86 bits per heavy atom. The average Bonchev–Trinajstić information content (AvgIpc) is 2.88. The van der Waals surface area contributed by atoms with Crippen LogP contribution in [-0.2, 0) is 9.31 Å². The van der Waals surface area contributed by atoms with Gasteiger partial charge in [-0.3, -0.25) is 0 Å². The Morgan fingerprint density at radius 1 is 1.24 bits per heavy atom. The molecular formula is C14H17BN2O4. The van der Waals surface area contributed by atoms with E-state index in [1.807, 2.05) is 45.9 Å². The summed E-state index contributed by atoms with van der Waals surface area (Å²) in [6, 6.07) is 5.47. The van der Waals surface area contributed by atoms with Crippen LogP contribution in [0.5, 0.6) is 0 Å². The molecule has 6 nitrogen and oxygen atoms in total. The number of fused-ring (bicyclic) bond motifs is 1. The van der Waals surface area contributed by atoms with Crippen LogP contribution in [0.2, 0.25) is 0 Å². The van der Waals surface area contributed by atoms with Crippen molar-refractivity contribution < 1.29 is 19.2 Å². The Hall–Kier alpha value is -1.86. The first-order chi connectivity index (χ1) is 9.73. The van der Waals surface area contributed by atoms with E-state index in [-0.39, 0.29) is 0 Å². The van der Waals surface area contributed by atoms with Crippen LogP contribution in [-0.4, -0.2) is 39.3 Å². The molecule has 0 aliphatic carbocycles. The quantitative estimate of drug-likeness (QED) is 0.811. The minimum Gasteiger partial charge on any atom is -0.463 e. The lowest BCUT2D eigenvalue weighted by molar-refractivity contribution is 0.00578. The standard InChI is InChI=1S/C14H17BN2O4/c1-13(2)14(3,4)21-15(20-13)10-7-5-6-9-8-16-17(11(9)10)12(18)19/h5-8H,1-4H3,(H,18,19). The second-order valence-electron chi connectivity index (χ2n) is 6.21. The highest BCUT2D eigenvalue weighted by molar-refractivity contribution is 6.65. The Bertz CT molecular complexity index is 707. The number of hydrogen-bond donors (Lipinski definition) is 1. The van der Waals surface area contributed by atoms with E-state index in [0.717, 1.165) is 10.1 Å². The zero-order valence-corrected chi connectivity index (χ0v) is 12.5. The van der Waals surface area contributed by atoms with Gasteiger partial charge in [0.1, 0.15) is 0 Å². The number of carbonyl (C=O) groups is 1. The predicted octanol–water partition coefficient (Wildman–Crippen LogP) is 1.86. The lowest BCUT2D eigenvalue weighted by Gasteiger charge is -2.32. The second-order valence-corrected chi connectivity index (χ2v) is 6.21. The lowest BCUT2D eigenvalue weighted by atomic mass is 9.78. The smallest absolute Gasteiger partial charge is 0.463 e. The summed E-state index contributed by atoms with van der Waals surface area (Å²) in [4.78, 5) is 11.3. The number of benzene rings is 1. The zero-order chi connectivity index (χ0) is 15.4. The van der Waals surface area contributed by atoms with Crippen molar-refractivity contribution in [2.75, 3.05) is 0 Å². The summed E-state index contributed by atoms with van der Waals surface area (Å²) in [5, 5.41) is 13.9. The zero-order valence-electron chi connectivity index (χ0n) is 12.5. The molecule has 21 heavy (non-hydrogen) atoms. The van der Waals surface area contributed by atoms with E-state index in [0.29, 0.717) is 11.0 Å². The predicted molar refractivity (Wildman–Crippen MR) is 78.9 cm³/mol. The Balaban J connectivity index is 2.14. The SMILES string of the molecule is CC1(C)OB(c2cccc3cnn(C(=O)O)c23)OC1(C)C. The molecule has 3 rings (SSSR count). The highest BCUT2D eigenvalue weighted by atomic mass is 16.7. The molecule has 1 N–H and O–H groups in total. The number of carboxylic acid groups (broad SMARTS) is 1. The average molecular weight is 288 g/mol. The van der Waals surface area contributed by atoms with Gasteiger partial charge < -0.3 is 14.4 Å². The maximum absolute atomic E-state index is 11.3. The number of nitrogens with zero attached hydrogens (tertiary/aromatic N) is 2. The summed E-state index contributed by atoms with van der Waals surface area (Å²) in [6.45, 7) is 7.84. The van der Waals surface area contributed by atoms with Gasteiger partial charge in [-0.1, -0.05) is 18.2 Å². The van der Waals surface area contributed by atoms with Gasteiger partial charge in [-0.05, 0) is 27.7 Å².